The molecule has 0 spiro atoms. The summed E-state index contributed by atoms with van der Waals surface area (Å²) in [5, 5.41) is 23.8. The Hall–Kier alpha value is -1.56. The van der Waals surface area contributed by atoms with Crippen LogP contribution in [0.2, 0.25) is 0 Å². The smallest absolute Gasteiger partial charge is 0.396 e. The molecule has 5 atom stereocenters. The number of aliphatic hydroxyl groups excluding tert-OH is 2. The molecule has 0 aromatic carbocycles. The molecule has 29 nitrogen and oxygen atoms in total. The number of hydrogen-bond acceptors (Lipinski definition) is 23. The number of ketones is 2. The van der Waals surface area contributed by atoms with E-state index in [0.29, 0.717) is 50.2 Å². The quantitative estimate of drug-likeness (QED) is 0.0161. The molecule has 0 rings (SSSR count). The van der Waals surface area contributed by atoms with Crippen LogP contribution in [0.3, 0.4) is 0 Å². The van der Waals surface area contributed by atoms with Gasteiger partial charge in [0.1, 0.15) is 18.4 Å². The van der Waals surface area contributed by atoms with E-state index in [4.69, 9.17) is 42.4 Å². The zero-order chi connectivity index (χ0) is 66.2. The molecule has 0 bridgehead atoms. The average Bonchev–Trinajstić information content (AvgIpc) is 3.35. The summed E-state index contributed by atoms with van der Waals surface area (Å²) in [6.45, 7) is 27.7. The first kappa shape index (κ1) is 89.9. The van der Waals surface area contributed by atoms with E-state index in [0.717, 1.165) is 25.8 Å². The molecular formula is C52H110N2O27P4. The van der Waals surface area contributed by atoms with Crippen LogP contribution in [0.1, 0.15) is 169 Å². The van der Waals surface area contributed by atoms with Gasteiger partial charge in [-0.3, -0.25) is 55.4 Å². The van der Waals surface area contributed by atoms with Crippen LogP contribution >= 0.6 is 31.3 Å². The Morgan fingerprint density at radius 2 is 0.694 bits per heavy atom. The fourth-order valence-electron chi connectivity index (χ4n) is 5.62. The largest absolute Gasteiger partial charge is 0.474 e. The first-order valence-electron chi connectivity index (χ1n) is 28.7. The molecule has 0 radical (unpaired) electrons. The summed E-state index contributed by atoms with van der Waals surface area (Å²) in [6.07, 6.45) is 4.21. The maximum absolute atomic E-state index is 11.5. The summed E-state index contributed by atoms with van der Waals surface area (Å²) < 4.78 is 108. The minimum atomic E-state index is -4.19. The van der Waals surface area contributed by atoms with Crippen LogP contribution in [0.5, 0.6) is 0 Å². The van der Waals surface area contributed by atoms with Crippen molar-refractivity contribution in [1.82, 2.24) is 10.6 Å². The lowest BCUT2D eigenvalue weighted by Gasteiger charge is -2.18. The third kappa shape index (κ3) is 66.7. The second-order valence-electron chi connectivity index (χ2n) is 21.5. The minimum Gasteiger partial charge on any atom is -0.396 e. The molecule has 0 saturated heterocycles. The van der Waals surface area contributed by atoms with Gasteiger partial charge < -0.3 is 64.1 Å². The summed E-state index contributed by atoms with van der Waals surface area (Å²) in [4.78, 5) is 82.8. The number of Topliss-reactive ketones (excluding diaryl/α,β-unsaturated/α-hetero) is 2. The first-order valence-corrected chi connectivity index (χ1v) is 34.6. The van der Waals surface area contributed by atoms with Crippen LogP contribution in [0.25, 0.3) is 0 Å². The monoisotopic (exact) mass is 1320 g/mol. The Labute approximate surface area is 506 Å². The number of amides is 2. The van der Waals surface area contributed by atoms with Gasteiger partial charge in [-0.1, -0.05) is 41.5 Å². The SMILES string of the molecule is CC(C)CCNC(=O)CCCCC(=O)C(C)C.CC(C)OCOCC(CO)COCOP(=O)(O)OC(C)C.CC(C)OP(=O)(O)OCCNC(=O)CCCCC(=O)C(C)C.CC(C)OP(=O)(O)OCOCC(CO)COCOP(=O)(O)OC(C)C. The zero-order valence-corrected chi connectivity index (χ0v) is 57.0. The maximum atomic E-state index is 11.5. The van der Waals surface area contributed by atoms with Gasteiger partial charge in [0.05, 0.1) is 76.8 Å². The number of carbonyl (C=O) groups is 4. The summed E-state index contributed by atoms with van der Waals surface area (Å²) in [5.41, 5.74) is 0. The molecule has 8 N–H and O–H groups in total. The fraction of sp³-hybridized carbons (Fsp3) is 0.923. The second kappa shape index (κ2) is 53.1. The summed E-state index contributed by atoms with van der Waals surface area (Å²) >= 11 is 0. The molecule has 510 valence electrons. The van der Waals surface area contributed by atoms with Crippen molar-refractivity contribution < 1.29 is 127 Å². The van der Waals surface area contributed by atoms with Crippen molar-refractivity contribution in [1.29, 1.82) is 0 Å². The van der Waals surface area contributed by atoms with E-state index in [1.165, 1.54) is 0 Å². The lowest BCUT2D eigenvalue weighted by Crippen LogP contribution is -2.26. The van der Waals surface area contributed by atoms with Crippen molar-refractivity contribution >= 4 is 54.7 Å². The van der Waals surface area contributed by atoms with Crippen molar-refractivity contribution in [2.24, 2.45) is 29.6 Å². The van der Waals surface area contributed by atoms with Gasteiger partial charge in [-0.2, -0.15) is 0 Å². The van der Waals surface area contributed by atoms with Crippen LogP contribution in [-0.2, 0) is 97.3 Å². The highest BCUT2D eigenvalue weighted by Crippen LogP contribution is 2.46. The highest BCUT2D eigenvalue weighted by Gasteiger charge is 2.26. The van der Waals surface area contributed by atoms with Gasteiger partial charge in [0, 0.05) is 62.4 Å². The van der Waals surface area contributed by atoms with Gasteiger partial charge >= 0.3 is 31.3 Å². The standard InChI is InChI=1S/C14H28NO6P.C14H27NO2.C12H28O11P2.C12H27O8P/c1-11(2)13(16)7-5-6-8-14(17)15-9-10-20-22(18,19)21-12(3)4;1-11(2)9-10-15-14(17)8-6-5-7-13(16)12(3)4;1-10(2)22-24(14,15)20-8-18-6-12(5-13)7-19-9-21-25(16,17)23-11(3)4;1-10(2)18-8-16-6-12(5-13)7-17-9-19-21(14,15)20-11(3)4/h11-12H,5-10H2,1-4H3,(H,15,17)(H,18,19);11-12H,5-10H2,1-4H3,(H,15,17);10-13H,5-9H2,1-4H3,(H,14,15)(H,16,17);10-13H,5-9H2,1-4H3,(H,14,15). The molecule has 0 heterocycles. The van der Waals surface area contributed by atoms with Crippen molar-refractivity contribution in [3.05, 3.63) is 0 Å². The number of unbranched alkanes of at least 4 members (excludes halogenated alkanes) is 2. The molecule has 0 fully saturated rings. The number of phosphoric ester groups is 4. The number of rotatable bonds is 49. The number of nitrogens with one attached hydrogen (secondary N) is 2. The Bertz CT molecular complexity index is 1860. The molecular weight excluding hydrogens is 1210 g/mol. The molecule has 0 aliphatic rings. The maximum Gasteiger partial charge on any atom is 0.474 e. The van der Waals surface area contributed by atoms with E-state index in [1.807, 2.05) is 41.5 Å². The number of hydrogen-bond donors (Lipinski definition) is 8. The normalized spacial score (nSPS) is 15.3. The molecule has 0 aromatic rings. The molecule has 0 aliphatic carbocycles. The molecule has 0 aromatic heterocycles. The third-order valence-corrected chi connectivity index (χ3v) is 14.4. The number of carbonyl (C=O) groups excluding carboxylic acids is 4. The van der Waals surface area contributed by atoms with Crippen molar-refractivity contribution in [2.45, 2.75) is 199 Å². The Morgan fingerprint density at radius 1 is 0.400 bits per heavy atom. The third-order valence-electron chi connectivity index (χ3n) is 9.85. The van der Waals surface area contributed by atoms with Crippen molar-refractivity contribution in [2.75, 3.05) is 86.5 Å². The molecule has 2 amide bonds. The predicted octanol–water partition coefficient (Wildman–Crippen LogP) is 8.50. The highest BCUT2D eigenvalue weighted by molar-refractivity contribution is 7.48. The van der Waals surface area contributed by atoms with Gasteiger partial charge in [-0.05, 0) is 107 Å². The van der Waals surface area contributed by atoms with E-state index in [-0.39, 0.29) is 101 Å². The van der Waals surface area contributed by atoms with E-state index in [2.05, 4.69) is 47.1 Å². The van der Waals surface area contributed by atoms with Crippen LogP contribution in [0, 0.1) is 29.6 Å². The lowest BCUT2D eigenvalue weighted by atomic mass is 10.0. The van der Waals surface area contributed by atoms with Gasteiger partial charge in [-0.25, -0.2) is 18.3 Å². The summed E-state index contributed by atoms with van der Waals surface area (Å²) in [7, 11) is -16.5. The summed E-state index contributed by atoms with van der Waals surface area (Å²) in [5.74, 6) is 0.458. The van der Waals surface area contributed by atoms with E-state index < -0.39 is 82.0 Å². The Morgan fingerprint density at radius 3 is 0.976 bits per heavy atom. The highest BCUT2D eigenvalue weighted by atomic mass is 31.2. The lowest BCUT2D eigenvalue weighted by molar-refractivity contribution is -0.123. The fourth-order valence-corrected chi connectivity index (χ4v) is 8.94. The number of aliphatic hydroxyl groups is 2. The van der Waals surface area contributed by atoms with Crippen LogP contribution in [0.4, 0.5) is 0 Å². The van der Waals surface area contributed by atoms with Gasteiger partial charge in [-0.15, -0.1) is 0 Å². The van der Waals surface area contributed by atoms with Crippen molar-refractivity contribution in [3.8, 4) is 0 Å². The van der Waals surface area contributed by atoms with Gasteiger partial charge in [0.25, 0.3) is 0 Å². The summed E-state index contributed by atoms with van der Waals surface area (Å²) in [6, 6.07) is 0. The van der Waals surface area contributed by atoms with Crippen LogP contribution in [0.15, 0.2) is 0 Å². The predicted molar refractivity (Wildman–Crippen MR) is 316 cm³/mol. The van der Waals surface area contributed by atoms with Gasteiger partial charge in [0.15, 0.2) is 20.4 Å². The van der Waals surface area contributed by atoms with E-state index >= 15 is 0 Å². The van der Waals surface area contributed by atoms with Crippen LogP contribution < -0.4 is 10.6 Å². The zero-order valence-electron chi connectivity index (χ0n) is 53.4. The van der Waals surface area contributed by atoms with Gasteiger partial charge in [0.2, 0.25) is 11.8 Å². The molecule has 5 unspecified atom stereocenters. The first-order chi connectivity index (χ1) is 39.3. The van der Waals surface area contributed by atoms with Crippen molar-refractivity contribution in [3.63, 3.8) is 0 Å². The number of phosphoric acid groups is 4. The van der Waals surface area contributed by atoms with E-state index in [9.17, 15) is 62.1 Å². The number of ether oxygens (including phenoxy) is 5. The molecule has 85 heavy (non-hydrogen) atoms. The second-order valence-corrected chi connectivity index (χ2v) is 27.1. The molecule has 0 aliphatic heterocycles. The topological polar surface area (TPSA) is 402 Å². The average molecular weight is 1320 g/mol. The Kier molecular flexibility index (Phi) is 56.2. The van der Waals surface area contributed by atoms with Crippen LogP contribution in [-0.4, -0.2) is 170 Å². The Balaban J connectivity index is -0.000000519. The molecule has 33 heteroatoms. The van der Waals surface area contributed by atoms with E-state index in [1.54, 1.807) is 55.4 Å². The molecule has 0 saturated carbocycles. The minimum absolute atomic E-state index is 0.0354.